The molecule has 3 rings (SSSR count). The van der Waals surface area contributed by atoms with E-state index in [1.165, 1.54) is 0 Å². The van der Waals surface area contributed by atoms with Crippen molar-refractivity contribution in [2.24, 2.45) is 0 Å². The Morgan fingerprint density at radius 1 is 1.36 bits per heavy atom. The van der Waals surface area contributed by atoms with Gasteiger partial charge in [-0.3, -0.25) is 4.79 Å². The predicted molar refractivity (Wildman–Crippen MR) is 94.6 cm³/mol. The van der Waals surface area contributed by atoms with Gasteiger partial charge in [0, 0.05) is 27.1 Å². The highest BCUT2D eigenvalue weighted by molar-refractivity contribution is 5.93. The number of carbonyl (C=O) groups is 1. The summed E-state index contributed by atoms with van der Waals surface area (Å²) < 4.78 is 5.72. The van der Waals surface area contributed by atoms with Gasteiger partial charge in [0.1, 0.15) is 0 Å². The topological polar surface area (TPSA) is 75.4 Å². The van der Waals surface area contributed by atoms with Gasteiger partial charge in [0.25, 0.3) is 5.91 Å². The lowest BCUT2D eigenvalue weighted by molar-refractivity contribution is 0.0697. The molecule has 134 valence electrons. The lowest BCUT2D eigenvalue weighted by atomic mass is 10.1. The molecule has 0 saturated carbocycles. The van der Waals surface area contributed by atoms with E-state index in [-0.39, 0.29) is 11.9 Å². The Balaban J connectivity index is 1.82. The van der Waals surface area contributed by atoms with Crippen LogP contribution in [0.15, 0.2) is 16.5 Å². The average molecular weight is 343 g/mol. The van der Waals surface area contributed by atoms with Gasteiger partial charge in [-0.05, 0) is 38.3 Å². The minimum Gasteiger partial charge on any atom is -0.435 e. The van der Waals surface area contributed by atoms with Crippen LogP contribution in [0.25, 0.3) is 0 Å². The fraction of sp³-hybridized carbons (Fsp3) is 0.556. The number of rotatable bonds is 5. The molecule has 1 atom stereocenters. The lowest BCUT2D eigenvalue weighted by Crippen LogP contribution is -2.31. The number of aromatic nitrogens is 3. The molecule has 1 aliphatic heterocycles. The van der Waals surface area contributed by atoms with Gasteiger partial charge < -0.3 is 14.2 Å². The van der Waals surface area contributed by atoms with Crippen molar-refractivity contribution in [2.75, 3.05) is 25.5 Å². The van der Waals surface area contributed by atoms with E-state index in [4.69, 9.17) is 4.42 Å². The summed E-state index contributed by atoms with van der Waals surface area (Å²) in [5.74, 6) is 1.69. The Bertz CT molecular complexity index is 738. The summed E-state index contributed by atoms with van der Waals surface area (Å²) >= 11 is 0. The molecule has 1 fully saturated rings. The van der Waals surface area contributed by atoms with E-state index < -0.39 is 0 Å². The number of amides is 1. The van der Waals surface area contributed by atoms with Gasteiger partial charge in [-0.15, -0.1) is 5.10 Å². The lowest BCUT2D eigenvalue weighted by Gasteiger charge is -2.23. The highest BCUT2D eigenvalue weighted by Gasteiger charge is 2.34. The molecule has 7 heteroatoms. The van der Waals surface area contributed by atoms with Gasteiger partial charge in [-0.1, -0.05) is 6.92 Å². The van der Waals surface area contributed by atoms with Crippen molar-refractivity contribution in [3.63, 3.8) is 0 Å². The Labute approximate surface area is 148 Å². The molecule has 1 unspecified atom stereocenters. The molecule has 1 amide bonds. The number of anilines is 1. The molecule has 0 radical (unpaired) electrons. The summed E-state index contributed by atoms with van der Waals surface area (Å²) in [6.07, 6.45) is 3.52. The minimum atomic E-state index is -0.103. The molecule has 2 aromatic rings. The van der Waals surface area contributed by atoms with Gasteiger partial charge in [-0.25, -0.2) is 4.98 Å². The summed E-state index contributed by atoms with van der Waals surface area (Å²) in [5, 5.41) is 8.57. The van der Waals surface area contributed by atoms with Crippen molar-refractivity contribution in [1.29, 1.82) is 0 Å². The van der Waals surface area contributed by atoms with Crippen LogP contribution in [-0.2, 0) is 6.42 Å². The largest absolute Gasteiger partial charge is 0.435 e. The fourth-order valence-electron chi connectivity index (χ4n) is 3.17. The zero-order chi connectivity index (χ0) is 18.0. The Kier molecular flexibility index (Phi) is 5.01. The van der Waals surface area contributed by atoms with Crippen LogP contribution in [0.5, 0.6) is 0 Å². The maximum absolute atomic E-state index is 13.0. The molecule has 7 nitrogen and oxygen atoms in total. The van der Waals surface area contributed by atoms with Crippen molar-refractivity contribution in [3.05, 3.63) is 35.2 Å². The fourth-order valence-corrected chi connectivity index (χ4v) is 3.17. The number of carbonyl (C=O) groups excluding carboxylic acids is 1. The Morgan fingerprint density at radius 2 is 2.16 bits per heavy atom. The molecular weight excluding hydrogens is 318 g/mol. The number of hydrogen-bond donors (Lipinski definition) is 0. The zero-order valence-corrected chi connectivity index (χ0v) is 15.3. The first kappa shape index (κ1) is 17.4. The van der Waals surface area contributed by atoms with Crippen LogP contribution in [0.1, 0.15) is 60.1 Å². The molecule has 3 heterocycles. The van der Waals surface area contributed by atoms with E-state index in [0.717, 1.165) is 37.2 Å². The summed E-state index contributed by atoms with van der Waals surface area (Å²) in [6.45, 7) is 4.59. The van der Waals surface area contributed by atoms with Gasteiger partial charge in [0.15, 0.2) is 11.7 Å². The standard InChI is InChI=1S/C18H25N5O2/c1-5-7-16-19-12(2)17(25-16)18(24)23-11-6-8-14(23)13-9-10-15(21-20-13)22(3)4/h9-10,14H,5-8,11H2,1-4H3. The molecule has 0 bridgehead atoms. The van der Waals surface area contributed by atoms with Crippen LogP contribution < -0.4 is 4.90 Å². The van der Waals surface area contributed by atoms with Gasteiger partial charge in [-0.2, -0.15) is 5.10 Å². The first-order valence-electron chi connectivity index (χ1n) is 8.79. The second kappa shape index (κ2) is 7.21. The van der Waals surface area contributed by atoms with Crippen LogP contribution >= 0.6 is 0 Å². The van der Waals surface area contributed by atoms with Crippen molar-refractivity contribution >= 4 is 11.7 Å². The van der Waals surface area contributed by atoms with Crippen LogP contribution in [-0.4, -0.2) is 46.6 Å². The van der Waals surface area contributed by atoms with Crippen LogP contribution in [0.2, 0.25) is 0 Å². The van der Waals surface area contributed by atoms with Crippen molar-refractivity contribution < 1.29 is 9.21 Å². The van der Waals surface area contributed by atoms with Crippen molar-refractivity contribution in [2.45, 2.75) is 45.6 Å². The third kappa shape index (κ3) is 3.50. The van der Waals surface area contributed by atoms with E-state index in [1.54, 1.807) is 0 Å². The van der Waals surface area contributed by atoms with Crippen LogP contribution in [0.4, 0.5) is 5.82 Å². The monoisotopic (exact) mass is 343 g/mol. The van der Waals surface area contributed by atoms with Crippen molar-refractivity contribution in [3.8, 4) is 0 Å². The number of oxazole rings is 1. The Hall–Kier alpha value is -2.44. The zero-order valence-electron chi connectivity index (χ0n) is 15.3. The van der Waals surface area contributed by atoms with Crippen LogP contribution in [0, 0.1) is 6.92 Å². The van der Waals surface area contributed by atoms with Gasteiger partial charge in [0.2, 0.25) is 5.76 Å². The molecular formula is C18H25N5O2. The second-order valence-corrected chi connectivity index (χ2v) is 6.64. The third-order valence-corrected chi connectivity index (χ3v) is 4.48. The molecule has 1 aliphatic rings. The number of nitrogens with zero attached hydrogens (tertiary/aromatic N) is 5. The molecule has 0 spiro atoms. The van der Waals surface area contributed by atoms with E-state index in [1.807, 2.05) is 43.0 Å². The molecule has 0 N–H and O–H groups in total. The first-order chi connectivity index (χ1) is 12.0. The maximum atomic E-state index is 13.0. The highest BCUT2D eigenvalue weighted by atomic mass is 16.4. The van der Waals surface area contributed by atoms with E-state index in [2.05, 4.69) is 22.1 Å². The molecule has 0 aliphatic carbocycles. The van der Waals surface area contributed by atoms with E-state index >= 15 is 0 Å². The predicted octanol–water partition coefficient (Wildman–Crippen LogP) is 2.77. The normalized spacial score (nSPS) is 17.1. The smallest absolute Gasteiger partial charge is 0.292 e. The number of aryl methyl sites for hydroxylation is 2. The molecule has 2 aromatic heterocycles. The SMILES string of the molecule is CCCc1nc(C)c(C(=O)N2CCCC2c2ccc(N(C)C)nn2)o1. The summed E-state index contributed by atoms with van der Waals surface area (Å²) in [7, 11) is 3.85. The first-order valence-corrected chi connectivity index (χ1v) is 8.79. The quantitative estimate of drug-likeness (QED) is 0.831. The number of hydrogen-bond acceptors (Lipinski definition) is 6. The van der Waals surface area contributed by atoms with E-state index in [9.17, 15) is 4.79 Å². The summed E-state index contributed by atoms with van der Waals surface area (Å²) in [4.78, 5) is 21.1. The molecule has 25 heavy (non-hydrogen) atoms. The van der Waals surface area contributed by atoms with Gasteiger partial charge in [0.05, 0.1) is 17.4 Å². The Morgan fingerprint density at radius 3 is 2.80 bits per heavy atom. The highest BCUT2D eigenvalue weighted by Crippen LogP contribution is 2.32. The molecule has 1 saturated heterocycles. The summed E-state index contributed by atoms with van der Waals surface area (Å²) in [6, 6.07) is 3.83. The summed E-state index contributed by atoms with van der Waals surface area (Å²) in [5.41, 5.74) is 1.48. The third-order valence-electron chi connectivity index (χ3n) is 4.48. The van der Waals surface area contributed by atoms with E-state index in [0.29, 0.717) is 23.9 Å². The minimum absolute atomic E-state index is 0.0599. The number of likely N-dealkylation sites (tertiary alicyclic amines) is 1. The van der Waals surface area contributed by atoms with Crippen molar-refractivity contribution in [1.82, 2.24) is 20.1 Å². The average Bonchev–Trinajstić information content (AvgIpc) is 3.21. The second-order valence-electron chi connectivity index (χ2n) is 6.64. The maximum Gasteiger partial charge on any atom is 0.292 e. The van der Waals surface area contributed by atoms with Crippen LogP contribution in [0.3, 0.4) is 0 Å². The van der Waals surface area contributed by atoms with Gasteiger partial charge >= 0.3 is 0 Å². The molecule has 0 aromatic carbocycles.